The molecule has 14 heavy (non-hydrogen) atoms. The normalized spacial score (nSPS) is 12.4. The first-order valence-electron chi connectivity index (χ1n) is 5.26. The van der Waals surface area contributed by atoms with Gasteiger partial charge in [0.1, 0.15) is 0 Å². The maximum atomic E-state index is 5.63. The SMILES string of the molecule is CC(C)(C)OCCN(CCN)CCN. The van der Waals surface area contributed by atoms with Gasteiger partial charge in [0.2, 0.25) is 0 Å². The highest BCUT2D eigenvalue weighted by Gasteiger charge is 2.10. The number of hydrogen-bond acceptors (Lipinski definition) is 4. The zero-order chi connectivity index (χ0) is 11.0. The molecule has 0 amide bonds. The van der Waals surface area contributed by atoms with Gasteiger partial charge in [-0.25, -0.2) is 0 Å². The van der Waals surface area contributed by atoms with Gasteiger partial charge in [-0.1, -0.05) is 0 Å². The molecule has 4 N–H and O–H groups in total. The first kappa shape index (κ1) is 13.8. The number of nitrogens with two attached hydrogens (primary N) is 2. The van der Waals surface area contributed by atoms with E-state index < -0.39 is 0 Å². The predicted octanol–water partition coefficient (Wildman–Crippen LogP) is 0.0209. The fraction of sp³-hybridized carbons (Fsp3) is 1.00. The van der Waals surface area contributed by atoms with E-state index in [1.165, 1.54) is 0 Å². The maximum Gasteiger partial charge on any atom is 0.0600 e. The third-order valence-electron chi connectivity index (χ3n) is 1.83. The number of rotatable bonds is 7. The average molecular weight is 203 g/mol. The molecule has 0 aromatic rings. The van der Waals surface area contributed by atoms with Crippen molar-refractivity contribution in [2.45, 2.75) is 26.4 Å². The molecule has 86 valence electrons. The van der Waals surface area contributed by atoms with Crippen LogP contribution in [0.2, 0.25) is 0 Å². The lowest BCUT2D eigenvalue weighted by molar-refractivity contribution is -0.0125. The number of ether oxygens (including phenoxy) is 1. The van der Waals surface area contributed by atoms with E-state index >= 15 is 0 Å². The van der Waals surface area contributed by atoms with E-state index in [0.717, 1.165) is 26.2 Å². The molecule has 4 nitrogen and oxygen atoms in total. The topological polar surface area (TPSA) is 64.5 Å². The van der Waals surface area contributed by atoms with E-state index in [2.05, 4.69) is 25.7 Å². The van der Waals surface area contributed by atoms with Gasteiger partial charge >= 0.3 is 0 Å². The smallest absolute Gasteiger partial charge is 0.0600 e. The highest BCUT2D eigenvalue weighted by atomic mass is 16.5. The van der Waals surface area contributed by atoms with Crippen molar-refractivity contribution in [2.75, 3.05) is 39.3 Å². The average Bonchev–Trinajstić information content (AvgIpc) is 2.02. The molecule has 0 saturated carbocycles. The lowest BCUT2D eigenvalue weighted by atomic mass is 10.2. The Morgan fingerprint density at radius 2 is 1.50 bits per heavy atom. The van der Waals surface area contributed by atoms with Gasteiger partial charge in [0.15, 0.2) is 0 Å². The minimum atomic E-state index is -0.0584. The summed E-state index contributed by atoms with van der Waals surface area (Å²) in [5.41, 5.74) is 10.9. The van der Waals surface area contributed by atoms with Crippen molar-refractivity contribution >= 4 is 0 Å². The fourth-order valence-electron chi connectivity index (χ4n) is 1.18. The van der Waals surface area contributed by atoms with Gasteiger partial charge in [0.05, 0.1) is 12.2 Å². The summed E-state index contributed by atoms with van der Waals surface area (Å²) >= 11 is 0. The molecule has 0 rings (SSSR count). The van der Waals surface area contributed by atoms with Crippen LogP contribution in [0.3, 0.4) is 0 Å². The Labute approximate surface area is 87.6 Å². The summed E-state index contributed by atoms with van der Waals surface area (Å²) in [5, 5.41) is 0. The van der Waals surface area contributed by atoms with Crippen LogP contribution < -0.4 is 11.5 Å². The van der Waals surface area contributed by atoms with Crippen LogP contribution >= 0.6 is 0 Å². The molecule has 0 spiro atoms. The van der Waals surface area contributed by atoms with Crippen LogP contribution in [0.15, 0.2) is 0 Å². The molecule has 0 aliphatic carbocycles. The maximum absolute atomic E-state index is 5.63. The molecule has 0 aliphatic heterocycles. The van der Waals surface area contributed by atoms with Gasteiger partial charge in [-0.15, -0.1) is 0 Å². The van der Waals surface area contributed by atoms with Crippen molar-refractivity contribution in [3.8, 4) is 0 Å². The van der Waals surface area contributed by atoms with E-state index in [4.69, 9.17) is 16.2 Å². The molecular weight excluding hydrogens is 178 g/mol. The standard InChI is InChI=1S/C10H25N3O/c1-10(2,3)14-9-8-13(6-4-11)7-5-12/h4-9,11-12H2,1-3H3. The third kappa shape index (κ3) is 8.44. The summed E-state index contributed by atoms with van der Waals surface area (Å²) in [6.07, 6.45) is 0. The molecule has 0 saturated heterocycles. The Balaban J connectivity index is 3.60. The molecule has 0 bridgehead atoms. The van der Waals surface area contributed by atoms with E-state index in [1.54, 1.807) is 0 Å². The summed E-state index contributed by atoms with van der Waals surface area (Å²) < 4.78 is 5.63. The van der Waals surface area contributed by atoms with Crippen LogP contribution in [0.25, 0.3) is 0 Å². The summed E-state index contributed by atoms with van der Waals surface area (Å²) in [6.45, 7) is 11.0. The largest absolute Gasteiger partial charge is 0.375 e. The molecule has 0 aliphatic rings. The minimum absolute atomic E-state index is 0.0584. The van der Waals surface area contributed by atoms with Crippen LogP contribution in [0.4, 0.5) is 0 Å². The molecule has 0 radical (unpaired) electrons. The van der Waals surface area contributed by atoms with E-state index in [0.29, 0.717) is 13.1 Å². The Morgan fingerprint density at radius 3 is 1.86 bits per heavy atom. The second kappa shape index (κ2) is 7.17. The van der Waals surface area contributed by atoms with Crippen LogP contribution in [-0.4, -0.2) is 49.8 Å². The molecular formula is C10H25N3O. The predicted molar refractivity (Wildman–Crippen MR) is 60.3 cm³/mol. The number of hydrogen-bond donors (Lipinski definition) is 2. The Kier molecular flexibility index (Phi) is 7.09. The molecule has 0 fully saturated rings. The minimum Gasteiger partial charge on any atom is -0.375 e. The Hall–Kier alpha value is -0.160. The third-order valence-corrected chi connectivity index (χ3v) is 1.83. The van der Waals surface area contributed by atoms with Gasteiger partial charge in [-0.3, -0.25) is 4.90 Å². The summed E-state index contributed by atoms with van der Waals surface area (Å²) in [6, 6.07) is 0. The lowest BCUT2D eigenvalue weighted by Gasteiger charge is -2.24. The molecule has 4 heteroatoms. The first-order chi connectivity index (χ1) is 6.49. The van der Waals surface area contributed by atoms with Crippen molar-refractivity contribution in [1.82, 2.24) is 4.90 Å². The second-order valence-electron chi connectivity index (χ2n) is 4.38. The monoisotopic (exact) mass is 203 g/mol. The summed E-state index contributed by atoms with van der Waals surface area (Å²) in [7, 11) is 0. The van der Waals surface area contributed by atoms with Crippen LogP contribution in [-0.2, 0) is 4.74 Å². The van der Waals surface area contributed by atoms with E-state index in [-0.39, 0.29) is 5.60 Å². The van der Waals surface area contributed by atoms with Crippen molar-refractivity contribution in [3.05, 3.63) is 0 Å². The summed E-state index contributed by atoms with van der Waals surface area (Å²) in [5.74, 6) is 0. The second-order valence-corrected chi connectivity index (χ2v) is 4.38. The quantitative estimate of drug-likeness (QED) is 0.612. The highest BCUT2D eigenvalue weighted by Crippen LogP contribution is 2.05. The molecule has 0 aromatic heterocycles. The lowest BCUT2D eigenvalue weighted by Crippen LogP contribution is -2.37. The van der Waals surface area contributed by atoms with Crippen LogP contribution in [0.1, 0.15) is 20.8 Å². The molecule has 0 aromatic carbocycles. The van der Waals surface area contributed by atoms with Gasteiger partial charge in [0, 0.05) is 32.7 Å². The fourth-order valence-corrected chi connectivity index (χ4v) is 1.18. The first-order valence-corrected chi connectivity index (χ1v) is 5.26. The van der Waals surface area contributed by atoms with E-state index in [1.807, 2.05) is 0 Å². The van der Waals surface area contributed by atoms with Gasteiger partial charge in [0.25, 0.3) is 0 Å². The van der Waals surface area contributed by atoms with Crippen LogP contribution in [0.5, 0.6) is 0 Å². The van der Waals surface area contributed by atoms with Gasteiger partial charge in [-0.2, -0.15) is 0 Å². The van der Waals surface area contributed by atoms with Crippen molar-refractivity contribution < 1.29 is 4.74 Å². The van der Waals surface area contributed by atoms with Gasteiger partial charge < -0.3 is 16.2 Å². The molecule has 0 heterocycles. The number of nitrogens with zero attached hydrogens (tertiary/aromatic N) is 1. The van der Waals surface area contributed by atoms with E-state index in [9.17, 15) is 0 Å². The molecule has 0 unspecified atom stereocenters. The van der Waals surface area contributed by atoms with Gasteiger partial charge in [-0.05, 0) is 20.8 Å². The van der Waals surface area contributed by atoms with Crippen LogP contribution in [0, 0.1) is 0 Å². The summed E-state index contributed by atoms with van der Waals surface area (Å²) in [4.78, 5) is 2.23. The Morgan fingerprint density at radius 1 is 1.00 bits per heavy atom. The van der Waals surface area contributed by atoms with Crippen molar-refractivity contribution in [1.29, 1.82) is 0 Å². The highest BCUT2D eigenvalue weighted by molar-refractivity contribution is 4.62. The zero-order valence-corrected chi connectivity index (χ0v) is 9.75. The van der Waals surface area contributed by atoms with Crippen molar-refractivity contribution in [3.63, 3.8) is 0 Å². The zero-order valence-electron chi connectivity index (χ0n) is 9.75. The van der Waals surface area contributed by atoms with Crippen molar-refractivity contribution in [2.24, 2.45) is 11.5 Å². The molecule has 0 atom stereocenters. The Bertz CT molecular complexity index is 128.